The minimum Gasteiger partial charge on any atom is -0.326 e. The van der Waals surface area contributed by atoms with Crippen LogP contribution in [-0.2, 0) is 0 Å². The molecular formula is C13H19FN2. The van der Waals surface area contributed by atoms with E-state index in [9.17, 15) is 4.39 Å². The van der Waals surface area contributed by atoms with Gasteiger partial charge in [-0.25, -0.2) is 4.39 Å². The standard InChI is InChI=1S/C13H19FN2/c1-9(2)16-8-10(15)7-13(16)11-5-3-4-6-12(11)14/h3-6,9-10,13H,7-8,15H2,1-2H3. The van der Waals surface area contributed by atoms with Crippen molar-refractivity contribution in [1.29, 1.82) is 0 Å². The molecule has 1 aliphatic rings. The number of hydrogen-bond acceptors (Lipinski definition) is 2. The highest BCUT2D eigenvalue weighted by atomic mass is 19.1. The van der Waals surface area contributed by atoms with E-state index in [1.807, 2.05) is 12.1 Å². The maximum Gasteiger partial charge on any atom is 0.127 e. The van der Waals surface area contributed by atoms with Gasteiger partial charge < -0.3 is 5.73 Å². The van der Waals surface area contributed by atoms with Crippen LogP contribution in [0.25, 0.3) is 0 Å². The number of nitrogens with zero attached hydrogens (tertiary/aromatic N) is 1. The van der Waals surface area contributed by atoms with E-state index in [-0.39, 0.29) is 17.9 Å². The first-order valence-corrected chi connectivity index (χ1v) is 5.85. The number of halogens is 1. The van der Waals surface area contributed by atoms with E-state index < -0.39 is 0 Å². The monoisotopic (exact) mass is 222 g/mol. The molecule has 1 fully saturated rings. The van der Waals surface area contributed by atoms with Crippen LogP contribution in [0.15, 0.2) is 24.3 Å². The summed E-state index contributed by atoms with van der Waals surface area (Å²) in [7, 11) is 0. The number of benzene rings is 1. The van der Waals surface area contributed by atoms with Crippen molar-refractivity contribution in [3.8, 4) is 0 Å². The van der Waals surface area contributed by atoms with E-state index in [4.69, 9.17) is 5.73 Å². The van der Waals surface area contributed by atoms with Crippen LogP contribution in [0, 0.1) is 5.82 Å². The second-order valence-electron chi connectivity index (χ2n) is 4.82. The minimum atomic E-state index is -0.118. The van der Waals surface area contributed by atoms with Crippen LogP contribution in [-0.4, -0.2) is 23.5 Å². The van der Waals surface area contributed by atoms with Crippen LogP contribution >= 0.6 is 0 Å². The van der Waals surface area contributed by atoms with Gasteiger partial charge in [0.05, 0.1) is 0 Å². The van der Waals surface area contributed by atoms with Crippen LogP contribution in [0.2, 0.25) is 0 Å². The molecule has 0 saturated carbocycles. The van der Waals surface area contributed by atoms with Crippen LogP contribution in [0.4, 0.5) is 4.39 Å². The van der Waals surface area contributed by atoms with Gasteiger partial charge in [0.2, 0.25) is 0 Å². The van der Waals surface area contributed by atoms with Crippen LogP contribution in [0.1, 0.15) is 31.9 Å². The molecule has 0 aliphatic carbocycles. The first kappa shape index (κ1) is 11.6. The zero-order valence-corrected chi connectivity index (χ0v) is 9.86. The van der Waals surface area contributed by atoms with Crippen molar-refractivity contribution < 1.29 is 4.39 Å². The molecule has 1 aromatic rings. The number of hydrogen-bond donors (Lipinski definition) is 1. The molecule has 2 nitrogen and oxygen atoms in total. The number of nitrogens with two attached hydrogens (primary N) is 1. The summed E-state index contributed by atoms with van der Waals surface area (Å²) in [5.41, 5.74) is 6.76. The quantitative estimate of drug-likeness (QED) is 0.832. The van der Waals surface area contributed by atoms with Gasteiger partial charge in [-0.1, -0.05) is 18.2 Å². The molecule has 0 bridgehead atoms. The molecule has 2 unspecified atom stereocenters. The number of rotatable bonds is 2. The van der Waals surface area contributed by atoms with Crippen molar-refractivity contribution in [2.75, 3.05) is 6.54 Å². The molecular weight excluding hydrogens is 203 g/mol. The molecule has 2 rings (SSSR count). The van der Waals surface area contributed by atoms with Crippen LogP contribution in [0.5, 0.6) is 0 Å². The van der Waals surface area contributed by atoms with Gasteiger partial charge in [-0.05, 0) is 26.3 Å². The van der Waals surface area contributed by atoms with Crippen molar-refractivity contribution in [2.24, 2.45) is 5.73 Å². The van der Waals surface area contributed by atoms with Crippen LogP contribution < -0.4 is 5.73 Å². The zero-order valence-electron chi connectivity index (χ0n) is 9.86. The summed E-state index contributed by atoms with van der Waals surface area (Å²) in [6.45, 7) is 5.12. The summed E-state index contributed by atoms with van der Waals surface area (Å²) in [5.74, 6) is -0.118. The van der Waals surface area contributed by atoms with Gasteiger partial charge in [-0.15, -0.1) is 0 Å². The van der Waals surface area contributed by atoms with Gasteiger partial charge in [0.25, 0.3) is 0 Å². The fraction of sp³-hybridized carbons (Fsp3) is 0.538. The Morgan fingerprint density at radius 2 is 2.06 bits per heavy atom. The normalized spacial score (nSPS) is 26.6. The third-order valence-corrected chi connectivity index (χ3v) is 3.30. The van der Waals surface area contributed by atoms with Gasteiger partial charge >= 0.3 is 0 Å². The minimum absolute atomic E-state index is 0.118. The summed E-state index contributed by atoms with van der Waals surface area (Å²) in [5, 5.41) is 0. The smallest absolute Gasteiger partial charge is 0.127 e. The van der Waals surface area contributed by atoms with Gasteiger partial charge in [-0.3, -0.25) is 4.90 Å². The fourth-order valence-electron chi connectivity index (χ4n) is 2.52. The van der Waals surface area contributed by atoms with Gasteiger partial charge in [0, 0.05) is 30.2 Å². The Labute approximate surface area is 96.2 Å². The van der Waals surface area contributed by atoms with Gasteiger partial charge in [0.1, 0.15) is 5.82 Å². The third kappa shape index (κ3) is 2.11. The molecule has 88 valence electrons. The van der Waals surface area contributed by atoms with Crippen molar-refractivity contribution in [3.63, 3.8) is 0 Å². The Morgan fingerprint density at radius 3 is 2.69 bits per heavy atom. The molecule has 0 amide bonds. The Morgan fingerprint density at radius 1 is 1.38 bits per heavy atom. The van der Waals surface area contributed by atoms with Crippen molar-refractivity contribution >= 4 is 0 Å². The molecule has 1 heterocycles. The fourth-order valence-corrected chi connectivity index (χ4v) is 2.52. The highest BCUT2D eigenvalue weighted by Gasteiger charge is 2.33. The molecule has 1 saturated heterocycles. The van der Waals surface area contributed by atoms with E-state index in [1.54, 1.807) is 6.07 Å². The molecule has 0 spiro atoms. The maximum atomic E-state index is 13.7. The Kier molecular flexibility index (Phi) is 3.26. The predicted octanol–water partition coefficient (Wildman–Crippen LogP) is 2.31. The predicted molar refractivity (Wildman–Crippen MR) is 63.6 cm³/mol. The highest BCUT2D eigenvalue weighted by molar-refractivity contribution is 5.23. The second-order valence-corrected chi connectivity index (χ2v) is 4.82. The lowest BCUT2D eigenvalue weighted by Crippen LogP contribution is -2.33. The SMILES string of the molecule is CC(C)N1CC(N)CC1c1ccccc1F. The summed E-state index contributed by atoms with van der Waals surface area (Å²) in [4.78, 5) is 2.28. The average molecular weight is 222 g/mol. The van der Waals surface area contributed by atoms with E-state index >= 15 is 0 Å². The molecule has 0 aromatic heterocycles. The summed E-state index contributed by atoms with van der Waals surface area (Å²) >= 11 is 0. The second kappa shape index (κ2) is 4.52. The largest absolute Gasteiger partial charge is 0.326 e. The van der Waals surface area contributed by atoms with E-state index in [2.05, 4.69) is 18.7 Å². The van der Waals surface area contributed by atoms with Crippen molar-refractivity contribution in [1.82, 2.24) is 4.90 Å². The third-order valence-electron chi connectivity index (χ3n) is 3.30. The molecule has 1 aliphatic heterocycles. The van der Waals surface area contributed by atoms with Gasteiger partial charge in [0.15, 0.2) is 0 Å². The summed E-state index contributed by atoms with van der Waals surface area (Å²) in [6.07, 6.45) is 0.846. The first-order chi connectivity index (χ1) is 7.59. The first-order valence-electron chi connectivity index (χ1n) is 5.85. The van der Waals surface area contributed by atoms with Gasteiger partial charge in [-0.2, -0.15) is 0 Å². The Hall–Kier alpha value is -0.930. The molecule has 2 atom stereocenters. The van der Waals surface area contributed by atoms with Crippen molar-refractivity contribution in [3.05, 3.63) is 35.6 Å². The van der Waals surface area contributed by atoms with E-state index in [0.717, 1.165) is 18.5 Å². The topological polar surface area (TPSA) is 29.3 Å². The molecule has 1 aromatic carbocycles. The highest BCUT2D eigenvalue weighted by Crippen LogP contribution is 2.34. The molecule has 2 N–H and O–H groups in total. The molecule has 0 radical (unpaired) electrons. The number of likely N-dealkylation sites (tertiary alicyclic amines) is 1. The zero-order chi connectivity index (χ0) is 11.7. The average Bonchev–Trinajstić information content (AvgIpc) is 2.61. The molecule has 16 heavy (non-hydrogen) atoms. The maximum absolute atomic E-state index is 13.7. The summed E-state index contributed by atoms with van der Waals surface area (Å²) < 4.78 is 13.7. The lowest BCUT2D eigenvalue weighted by Gasteiger charge is -2.28. The van der Waals surface area contributed by atoms with Crippen molar-refractivity contribution in [2.45, 2.75) is 38.4 Å². The van der Waals surface area contributed by atoms with E-state index in [1.165, 1.54) is 6.07 Å². The molecule has 3 heteroatoms. The Bertz CT molecular complexity index is 365. The Balaban J connectivity index is 2.29. The lowest BCUT2D eigenvalue weighted by molar-refractivity contribution is 0.201. The van der Waals surface area contributed by atoms with Crippen LogP contribution in [0.3, 0.4) is 0 Å². The lowest BCUT2D eigenvalue weighted by atomic mass is 10.0. The van der Waals surface area contributed by atoms with E-state index in [0.29, 0.717) is 6.04 Å². The summed E-state index contributed by atoms with van der Waals surface area (Å²) in [6, 6.07) is 7.71.